The minimum absolute atomic E-state index is 0.221. The average Bonchev–Trinajstić information content (AvgIpc) is 2.87. The van der Waals surface area contributed by atoms with Crippen LogP contribution < -0.4 is 5.73 Å². The van der Waals surface area contributed by atoms with Gasteiger partial charge in [-0.25, -0.2) is 9.37 Å². The molecule has 20 heavy (non-hydrogen) atoms. The summed E-state index contributed by atoms with van der Waals surface area (Å²) in [5, 5.41) is 2.00. The number of aromatic nitrogens is 2. The third-order valence-corrected chi connectivity index (χ3v) is 4.00. The Bertz CT molecular complexity index is 701. The summed E-state index contributed by atoms with van der Waals surface area (Å²) in [6, 6.07) is 6.60. The van der Waals surface area contributed by atoms with Crippen molar-refractivity contribution in [2.45, 2.75) is 25.3 Å². The van der Waals surface area contributed by atoms with E-state index in [0.29, 0.717) is 12.8 Å². The molecule has 0 fully saturated rings. The van der Waals surface area contributed by atoms with E-state index in [4.69, 9.17) is 5.73 Å². The Kier molecular flexibility index (Phi) is 3.31. The van der Waals surface area contributed by atoms with Crippen molar-refractivity contribution in [2.24, 2.45) is 5.73 Å². The zero-order valence-corrected chi connectivity index (χ0v) is 12.0. The van der Waals surface area contributed by atoms with Gasteiger partial charge in [-0.15, -0.1) is 11.3 Å². The van der Waals surface area contributed by atoms with Crippen molar-refractivity contribution in [3.05, 3.63) is 59.1 Å². The van der Waals surface area contributed by atoms with Crippen molar-refractivity contribution in [1.82, 2.24) is 9.38 Å². The van der Waals surface area contributed by atoms with Gasteiger partial charge >= 0.3 is 0 Å². The van der Waals surface area contributed by atoms with Crippen molar-refractivity contribution < 1.29 is 4.39 Å². The molecule has 0 bridgehead atoms. The first-order chi connectivity index (χ1) is 9.52. The van der Waals surface area contributed by atoms with Crippen LogP contribution in [0.1, 0.15) is 18.2 Å². The molecule has 0 saturated carbocycles. The summed E-state index contributed by atoms with van der Waals surface area (Å²) in [6.07, 6.45) is 5.27. The van der Waals surface area contributed by atoms with Gasteiger partial charge in [0.2, 0.25) is 0 Å². The molecule has 0 radical (unpaired) electrons. The Morgan fingerprint density at radius 2 is 2.25 bits per heavy atom. The lowest BCUT2D eigenvalue weighted by Gasteiger charge is -2.23. The van der Waals surface area contributed by atoms with Crippen LogP contribution in [0.5, 0.6) is 0 Å². The summed E-state index contributed by atoms with van der Waals surface area (Å²) < 4.78 is 15.2. The largest absolute Gasteiger partial charge is 0.325 e. The van der Waals surface area contributed by atoms with Gasteiger partial charge in [-0.3, -0.25) is 4.40 Å². The van der Waals surface area contributed by atoms with E-state index in [2.05, 4.69) is 4.98 Å². The minimum atomic E-state index is -0.447. The summed E-state index contributed by atoms with van der Waals surface area (Å²) in [5.74, 6) is -0.221. The molecule has 5 heteroatoms. The van der Waals surface area contributed by atoms with E-state index in [1.807, 2.05) is 35.2 Å². The second-order valence-electron chi connectivity index (χ2n) is 5.46. The molecule has 3 rings (SSSR count). The quantitative estimate of drug-likeness (QED) is 0.802. The van der Waals surface area contributed by atoms with Gasteiger partial charge in [0.15, 0.2) is 4.96 Å². The highest BCUT2D eigenvalue weighted by atomic mass is 32.1. The fraction of sp³-hybridized carbons (Fsp3) is 0.267. The summed E-state index contributed by atoms with van der Waals surface area (Å²) in [4.78, 5) is 5.52. The van der Waals surface area contributed by atoms with Crippen LogP contribution >= 0.6 is 11.3 Å². The summed E-state index contributed by atoms with van der Waals surface area (Å²) in [7, 11) is 0. The minimum Gasteiger partial charge on any atom is -0.325 e. The van der Waals surface area contributed by atoms with Crippen molar-refractivity contribution in [3.63, 3.8) is 0 Å². The molecule has 3 nitrogen and oxygen atoms in total. The number of thiazole rings is 1. The molecule has 0 spiro atoms. The van der Waals surface area contributed by atoms with Gasteiger partial charge in [0, 0.05) is 29.7 Å². The predicted molar refractivity (Wildman–Crippen MR) is 79.5 cm³/mol. The number of nitrogens with zero attached hydrogens (tertiary/aromatic N) is 2. The highest BCUT2D eigenvalue weighted by molar-refractivity contribution is 7.15. The fourth-order valence-corrected chi connectivity index (χ4v) is 3.17. The molecular weight excluding hydrogens is 273 g/mol. The van der Waals surface area contributed by atoms with Crippen LogP contribution in [-0.2, 0) is 12.8 Å². The molecule has 104 valence electrons. The number of imidazole rings is 1. The SMILES string of the molecule is CC(N)(Cc1cccc(F)c1)Cc1cn2ccsc2n1. The second kappa shape index (κ2) is 5.00. The maximum absolute atomic E-state index is 13.2. The maximum Gasteiger partial charge on any atom is 0.193 e. The molecule has 0 saturated heterocycles. The predicted octanol–water partition coefficient (Wildman–Crippen LogP) is 3.04. The topological polar surface area (TPSA) is 43.3 Å². The lowest BCUT2D eigenvalue weighted by Crippen LogP contribution is -2.41. The van der Waals surface area contributed by atoms with Gasteiger partial charge in [0.25, 0.3) is 0 Å². The fourth-order valence-electron chi connectivity index (χ4n) is 2.45. The molecule has 0 aliphatic carbocycles. The number of benzene rings is 1. The molecule has 0 aliphatic rings. The first-order valence-electron chi connectivity index (χ1n) is 6.46. The van der Waals surface area contributed by atoms with Gasteiger partial charge < -0.3 is 5.73 Å². The second-order valence-corrected chi connectivity index (χ2v) is 6.34. The number of halogens is 1. The zero-order valence-electron chi connectivity index (χ0n) is 11.2. The Hall–Kier alpha value is -1.72. The van der Waals surface area contributed by atoms with E-state index >= 15 is 0 Å². The number of hydrogen-bond donors (Lipinski definition) is 1. The van der Waals surface area contributed by atoms with Crippen LogP contribution in [0.2, 0.25) is 0 Å². The molecule has 1 unspecified atom stereocenters. The standard InChI is InChI=1S/C15H16FN3S/c1-15(17,8-11-3-2-4-12(16)7-11)9-13-10-19-5-6-20-14(19)18-13/h2-7,10H,8-9,17H2,1H3. The average molecular weight is 289 g/mol. The van der Waals surface area contributed by atoms with Crippen LogP contribution in [0.4, 0.5) is 4.39 Å². The summed E-state index contributed by atoms with van der Waals surface area (Å²) in [5.41, 5.74) is 7.79. The molecule has 2 N–H and O–H groups in total. The van der Waals surface area contributed by atoms with E-state index in [0.717, 1.165) is 16.2 Å². The van der Waals surface area contributed by atoms with Gasteiger partial charge in [-0.1, -0.05) is 12.1 Å². The molecule has 3 aromatic rings. The zero-order chi connectivity index (χ0) is 14.2. The molecule has 1 atom stereocenters. The van der Waals surface area contributed by atoms with Crippen LogP contribution in [0.15, 0.2) is 42.0 Å². The molecular formula is C15H16FN3S. The number of fused-ring (bicyclic) bond motifs is 1. The Morgan fingerprint density at radius 3 is 3.00 bits per heavy atom. The lowest BCUT2D eigenvalue weighted by atomic mass is 9.89. The number of nitrogens with two attached hydrogens (primary N) is 1. The van der Waals surface area contributed by atoms with E-state index in [9.17, 15) is 4.39 Å². The van der Waals surface area contributed by atoms with Crippen LogP contribution in [-0.4, -0.2) is 14.9 Å². The number of hydrogen-bond acceptors (Lipinski definition) is 3. The van der Waals surface area contributed by atoms with Crippen LogP contribution in [0.3, 0.4) is 0 Å². The first kappa shape index (κ1) is 13.3. The summed E-state index contributed by atoms with van der Waals surface area (Å²) in [6.45, 7) is 1.98. The van der Waals surface area contributed by atoms with E-state index < -0.39 is 5.54 Å². The van der Waals surface area contributed by atoms with Crippen molar-refractivity contribution >= 4 is 16.3 Å². The van der Waals surface area contributed by atoms with Crippen LogP contribution in [0, 0.1) is 5.82 Å². The van der Waals surface area contributed by atoms with E-state index in [1.54, 1.807) is 17.4 Å². The van der Waals surface area contributed by atoms with Gasteiger partial charge in [-0.05, 0) is 31.0 Å². The molecule has 2 heterocycles. The smallest absolute Gasteiger partial charge is 0.193 e. The third kappa shape index (κ3) is 2.89. The van der Waals surface area contributed by atoms with Gasteiger partial charge in [-0.2, -0.15) is 0 Å². The number of rotatable bonds is 4. The van der Waals surface area contributed by atoms with Gasteiger partial charge in [0.05, 0.1) is 5.69 Å². The highest BCUT2D eigenvalue weighted by Crippen LogP contribution is 2.19. The van der Waals surface area contributed by atoms with Crippen molar-refractivity contribution in [1.29, 1.82) is 0 Å². The highest BCUT2D eigenvalue weighted by Gasteiger charge is 2.21. The Balaban J connectivity index is 1.76. The summed E-state index contributed by atoms with van der Waals surface area (Å²) >= 11 is 1.60. The monoisotopic (exact) mass is 289 g/mol. The third-order valence-electron chi connectivity index (χ3n) is 3.23. The van der Waals surface area contributed by atoms with Crippen molar-refractivity contribution in [3.8, 4) is 0 Å². The Labute approximate surface area is 120 Å². The normalized spacial score (nSPS) is 14.6. The van der Waals surface area contributed by atoms with Gasteiger partial charge in [0.1, 0.15) is 5.82 Å². The molecule has 2 aromatic heterocycles. The Morgan fingerprint density at radius 1 is 1.40 bits per heavy atom. The first-order valence-corrected chi connectivity index (χ1v) is 7.34. The molecule has 0 amide bonds. The van der Waals surface area contributed by atoms with Crippen LogP contribution in [0.25, 0.3) is 4.96 Å². The molecule has 0 aliphatic heterocycles. The van der Waals surface area contributed by atoms with E-state index in [-0.39, 0.29) is 5.82 Å². The maximum atomic E-state index is 13.2. The van der Waals surface area contributed by atoms with Crippen molar-refractivity contribution in [2.75, 3.05) is 0 Å². The lowest BCUT2D eigenvalue weighted by molar-refractivity contribution is 0.457. The van der Waals surface area contributed by atoms with E-state index in [1.165, 1.54) is 12.1 Å². The molecule has 1 aromatic carbocycles.